The van der Waals surface area contributed by atoms with E-state index in [2.05, 4.69) is 4.98 Å². The average molecular weight is 459 g/mol. The molecular weight excluding hydrogens is 436 g/mol. The molecular formula is C22H22N2O5S2. The minimum atomic E-state index is -3.54. The van der Waals surface area contributed by atoms with Crippen LogP contribution in [0.25, 0.3) is 21.9 Å². The molecule has 0 aliphatic heterocycles. The molecule has 9 heteroatoms. The van der Waals surface area contributed by atoms with Gasteiger partial charge in [-0.2, -0.15) is 0 Å². The number of hydrogen-bond acceptors (Lipinski definition) is 7. The molecule has 4 aromatic rings. The first-order valence-corrected chi connectivity index (χ1v) is 12.0. The number of oxazole rings is 1. The van der Waals surface area contributed by atoms with Crippen LogP contribution in [0.2, 0.25) is 0 Å². The van der Waals surface area contributed by atoms with Gasteiger partial charge in [0.2, 0.25) is 10.0 Å². The molecule has 3 aromatic carbocycles. The summed E-state index contributed by atoms with van der Waals surface area (Å²) in [5.74, 6) is 1.02. The molecule has 162 valence electrons. The van der Waals surface area contributed by atoms with E-state index in [4.69, 9.17) is 9.15 Å². The second-order valence-electron chi connectivity index (χ2n) is 7.18. The first kappa shape index (κ1) is 21.6. The third-order valence-corrected chi connectivity index (χ3v) is 7.46. The number of fused-ring (bicyclic) bond motifs is 2. The molecule has 0 aliphatic carbocycles. The maximum absolute atomic E-state index is 12.3. The lowest BCUT2D eigenvalue weighted by molar-refractivity contribution is 0.126. The topological polar surface area (TPSA) is 92.9 Å². The summed E-state index contributed by atoms with van der Waals surface area (Å²) in [5, 5.41) is 12.8. The Hall–Kier alpha value is -2.59. The van der Waals surface area contributed by atoms with Crippen LogP contribution in [0.15, 0.2) is 75.2 Å². The van der Waals surface area contributed by atoms with Crippen LogP contribution >= 0.6 is 11.8 Å². The van der Waals surface area contributed by atoms with Gasteiger partial charge in [0, 0.05) is 19.8 Å². The van der Waals surface area contributed by atoms with Gasteiger partial charge in [-0.3, -0.25) is 0 Å². The van der Waals surface area contributed by atoms with E-state index < -0.39 is 16.1 Å². The molecule has 0 aliphatic rings. The number of benzene rings is 3. The fraction of sp³-hybridized carbons (Fsp3) is 0.227. The maximum atomic E-state index is 12.3. The molecule has 1 aromatic heterocycles. The van der Waals surface area contributed by atoms with Crippen molar-refractivity contribution in [1.82, 2.24) is 9.29 Å². The molecule has 0 bridgehead atoms. The van der Waals surface area contributed by atoms with E-state index in [0.29, 0.717) is 27.8 Å². The zero-order valence-electron chi connectivity index (χ0n) is 17.1. The van der Waals surface area contributed by atoms with E-state index in [9.17, 15) is 13.5 Å². The molecule has 0 saturated carbocycles. The van der Waals surface area contributed by atoms with Crippen LogP contribution in [0, 0.1) is 0 Å². The van der Waals surface area contributed by atoms with Crippen molar-refractivity contribution >= 4 is 43.7 Å². The standard InChI is InChI=1S/C22H22N2O5S2/c1-24(2)31(26,27)19-9-10-21-20(12-19)23-22(29-21)30-14-17(25)13-28-18-8-7-15-5-3-4-6-16(15)11-18/h3-12,17,25H,13-14H2,1-2H3. The second kappa shape index (κ2) is 8.88. The summed E-state index contributed by atoms with van der Waals surface area (Å²) in [4.78, 5) is 4.48. The van der Waals surface area contributed by atoms with E-state index in [1.54, 1.807) is 6.07 Å². The van der Waals surface area contributed by atoms with Crippen LogP contribution < -0.4 is 4.74 Å². The van der Waals surface area contributed by atoms with Crippen LogP contribution in [0.1, 0.15) is 0 Å². The highest BCUT2D eigenvalue weighted by atomic mass is 32.2. The van der Waals surface area contributed by atoms with Gasteiger partial charge >= 0.3 is 0 Å². The molecule has 7 nitrogen and oxygen atoms in total. The van der Waals surface area contributed by atoms with Gasteiger partial charge in [0.15, 0.2) is 5.58 Å². The van der Waals surface area contributed by atoms with Gasteiger partial charge in [-0.1, -0.05) is 42.1 Å². The molecule has 0 radical (unpaired) electrons. The van der Waals surface area contributed by atoms with Gasteiger partial charge in [-0.05, 0) is 41.1 Å². The summed E-state index contributed by atoms with van der Waals surface area (Å²) >= 11 is 1.24. The molecule has 0 amide bonds. The van der Waals surface area contributed by atoms with Crippen molar-refractivity contribution in [3.8, 4) is 5.75 Å². The summed E-state index contributed by atoms with van der Waals surface area (Å²) in [7, 11) is -0.590. The smallest absolute Gasteiger partial charge is 0.256 e. The summed E-state index contributed by atoms with van der Waals surface area (Å²) < 4.78 is 37.1. The number of aliphatic hydroxyl groups excluding tert-OH is 1. The van der Waals surface area contributed by atoms with Crippen molar-refractivity contribution in [2.75, 3.05) is 26.5 Å². The zero-order valence-corrected chi connectivity index (χ0v) is 18.7. The predicted molar refractivity (Wildman–Crippen MR) is 121 cm³/mol. The van der Waals surface area contributed by atoms with Gasteiger partial charge in [-0.25, -0.2) is 17.7 Å². The number of rotatable bonds is 8. The Balaban J connectivity index is 1.36. The molecule has 1 atom stereocenters. The number of ether oxygens (including phenoxy) is 1. The number of aliphatic hydroxyl groups is 1. The van der Waals surface area contributed by atoms with Crippen molar-refractivity contribution < 1.29 is 22.7 Å². The Morgan fingerprint density at radius 3 is 2.65 bits per heavy atom. The quantitative estimate of drug-likeness (QED) is 0.402. The van der Waals surface area contributed by atoms with Gasteiger partial charge in [0.25, 0.3) is 5.22 Å². The van der Waals surface area contributed by atoms with Gasteiger partial charge < -0.3 is 14.3 Å². The monoisotopic (exact) mass is 458 g/mol. The summed E-state index contributed by atoms with van der Waals surface area (Å²) in [6, 6.07) is 18.4. The summed E-state index contributed by atoms with van der Waals surface area (Å²) in [6.45, 7) is 0.136. The molecule has 1 heterocycles. The van der Waals surface area contributed by atoms with Crippen molar-refractivity contribution in [2.24, 2.45) is 0 Å². The number of nitrogens with zero attached hydrogens (tertiary/aromatic N) is 2. The molecule has 0 fully saturated rings. The van der Waals surface area contributed by atoms with Crippen LogP contribution in [0.5, 0.6) is 5.75 Å². The first-order valence-electron chi connectivity index (χ1n) is 9.58. The summed E-state index contributed by atoms with van der Waals surface area (Å²) in [5.41, 5.74) is 0.939. The lowest BCUT2D eigenvalue weighted by atomic mass is 10.1. The molecule has 1 unspecified atom stereocenters. The fourth-order valence-corrected chi connectivity index (χ4v) is 4.65. The van der Waals surface area contributed by atoms with Crippen molar-refractivity contribution in [2.45, 2.75) is 16.2 Å². The van der Waals surface area contributed by atoms with Crippen molar-refractivity contribution in [1.29, 1.82) is 0 Å². The molecule has 4 rings (SSSR count). The molecule has 0 spiro atoms. The fourth-order valence-electron chi connectivity index (χ4n) is 2.98. The third-order valence-electron chi connectivity index (χ3n) is 4.68. The average Bonchev–Trinajstić information content (AvgIpc) is 3.18. The number of sulfonamides is 1. The predicted octanol–water partition coefficient (Wildman–Crippen LogP) is 3.76. The Labute approximate surface area is 184 Å². The number of aromatic nitrogens is 1. The Morgan fingerprint density at radius 2 is 1.87 bits per heavy atom. The Kier molecular flexibility index (Phi) is 6.19. The van der Waals surface area contributed by atoms with E-state index in [1.165, 1.54) is 38.0 Å². The van der Waals surface area contributed by atoms with Gasteiger partial charge in [-0.15, -0.1) is 0 Å². The largest absolute Gasteiger partial charge is 0.491 e. The zero-order chi connectivity index (χ0) is 22.0. The first-order chi connectivity index (χ1) is 14.8. The maximum Gasteiger partial charge on any atom is 0.256 e. The molecule has 1 N–H and O–H groups in total. The lowest BCUT2D eigenvalue weighted by Gasteiger charge is -2.11. The Morgan fingerprint density at radius 1 is 1.10 bits per heavy atom. The van der Waals surface area contributed by atoms with E-state index in [1.807, 2.05) is 42.5 Å². The normalized spacial score (nSPS) is 13.2. The summed E-state index contributed by atoms with van der Waals surface area (Å²) in [6.07, 6.45) is -0.726. The van der Waals surface area contributed by atoms with Gasteiger partial charge in [0.05, 0.1) is 11.0 Å². The SMILES string of the molecule is CN(C)S(=O)(=O)c1ccc2oc(SCC(O)COc3ccc4ccccc4c3)nc2c1. The molecule has 0 saturated heterocycles. The highest BCUT2D eigenvalue weighted by Gasteiger charge is 2.19. The highest BCUT2D eigenvalue weighted by molar-refractivity contribution is 7.99. The highest BCUT2D eigenvalue weighted by Crippen LogP contribution is 2.27. The van der Waals surface area contributed by atoms with E-state index in [0.717, 1.165) is 15.1 Å². The lowest BCUT2D eigenvalue weighted by Crippen LogP contribution is -2.22. The van der Waals surface area contributed by atoms with Crippen LogP contribution in [-0.4, -0.2) is 55.4 Å². The van der Waals surface area contributed by atoms with Gasteiger partial charge in [0.1, 0.15) is 17.9 Å². The number of thioether (sulfide) groups is 1. The minimum absolute atomic E-state index is 0.136. The van der Waals surface area contributed by atoms with Crippen LogP contribution in [-0.2, 0) is 10.0 Å². The third kappa shape index (κ3) is 4.85. The minimum Gasteiger partial charge on any atom is -0.491 e. The number of hydrogen-bond donors (Lipinski definition) is 1. The van der Waals surface area contributed by atoms with E-state index in [-0.39, 0.29) is 11.5 Å². The van der Waals surface area contributed by atoms with Crippen LogP contribution in [0.4, 0.5) is 0 Å². The van der Waals surface area contributed by atoms with Crippen LogP contribution in [0.3, 0.4) is 0 Å². The molecule has 31 heavy (non-hydrogen) atoms. The second-order valence-corrected chi connectivity index (χ2v) is 10.3. The van der Waals surface area contributed by atoms with E-state index >= 15 is 0 Å². The van der Waals surface area contributed by atoms with Crippen molar-refractivity contribution in [3.63, 3.8) is 0 Å². The Bertz CT molecular complexity index is 1320. The van der Waals surface area contributed by atoms with Crippen molar-refractivity contribution in [3.05, 3.63) is 60.7 Å².